The van der Waals surface area contributed by atoms with Crippen LogP contribution in [0.5, 0.6) is 0 Å². The zero-order valence-corrected chi connectivity index (χ0v) is 14.8. The maximum atomic E-state index is 12.3. The summed E-state index contributed by atoms with van der Waals surface area (Å²) in [5.41, 5.74) is 4.45. The van der Waals surface area contributed by atoms with Crippen molar-refractivity contribution < 1.29 is 4.79 Å². The minimum absolute atomic E-state index is 0.145. The first kappa shape index (κ1) is 15.8. The van der Waals surface area contributed by atoms with Gasteiger partial charge in [0.2, 0.25) is 0 Å². The van der Waals surface area contributed by atoms with E-state index in [2.05, 4.69) is 29.1 Å². The topological polar surface area (TPSA) is 54.9 Å². The van der Waals surface area contributed by atoms with Gasteiger partial charge in [0.25, 0.3) is 5.91 Å². The molecule has 1 amide bonds. The van der Waals surface area contributed by atoms with E-state index >= 15 is 0 Å². The second-order valence-corrected chi connectivity index (χ2v) is 7.36. The van der Waals surface area contributed by atoms with Gasteiger partial charge >= 0.3 is 0 Å². The van der Waals surface area contributed by atoms with Crippen molar-refractivity contribution in [1.82, 2.24) is 9.97 Å². The molecule has 0 aliphatic heterocycles. The standard InChI is InChI=1S/C17H17N3OS2/c1-10(2)14-13(12-7-5-4-6-8-12)19-17(23-14)20-16(21)15-11(3)18-9-22-15/h4-10H,1-3H3,(H,19,20,21). The molecule has 0 bridgehead atoms. The van der Waals surface area contributed by atoms with Crippen LogP contribution in [0.2, 0.25) is 0 Å². The summed E-state index contributed by atoms with van der Waals surface area (Å²) in [6.45, 7) is 6.11. The SMILES string of the molecule is Cc1ncsc1C(=O)Nc1nc(-c2ccccc2)c(C(C)C)s1. The first-order valence-corrected chi connectivity index (χ1v) is 9.03. The van der Waals surface area contributed by atoms with Gasteiger partial charge < -0.3 is 0 Å². The van der Waals surface area contributed by atoms with E-state index in [4.69, 9.17) is 0 Å². The Morgan fingerprint density at radius 3 is 2.57 bits per heavy atom. The molecule has 3 aromatic rings. The number of aromatic nitrogens is 2. The highest BCUT2D eigenvalue weighted by Crippen LogP contribution is 2.36. The van der Waals surface area contributed by atoms with Crippen molar-refractivity contribution in [3.8, 4) is 11.3 Å². The van der Waals surface area contributed by atoms with Gasteiger partial charge in [0, 0.05) is 10.4 Å². The van der Waals surface area contributed by atoms with Crippen LogP contribution in [0.1, 0.15) is 40.0 Å². The number of carbonyl (C=O) groups is 1. The minimum atomic E-state index is -0.145. The Labute approximate surface area is 143 Å². The summed E-state index contributed by atoms with van der Waals surface area (Å²) < 4.78 is 0. The number of aryl methyl sites for hydroxylation is 1. The van der Waals surface area contributed by atoms with E-state index in [0.29, 0.717) is 15.9 Å². The second-order valence-electron chi connectivity index (χ2n) is 5.47. The molecule has 6 heteroatoms. The van der Waals surface area contributed by atoms with Gasteiger partial charge in [0.1, 0.15) is 4.88 Å². The Balaban J connectivity index is 1.92. The number of benzene rings is 1. The van der Waals surface area contributed by atoms with Crippen molar-refractivity contribution in [1.29, 1.82) is 0 Å². The zero-order chi connectivity index (χ0) is 16.4. The first-order valence-electron chi connectivity index (χ1n) is 7.34. The molecule has 0 fully saturated rings. The van der Waals surface area contributed by atoms with Gasteiger partial charge in [0.15, 0.2) is 5.13 Å². The van der Waals surface area contributed by atoms with Crippen molar-refractivity contribution in [2.75, 3.05) is 5.32 Å². The van der Waals surface area contributed by atoms with Gasteiger partial charge in [-0.2, -0.15) is 0 Å². The van der Waals surface area contributed by atoms with Crippen molar-refractivity contribution in [3.05, 3.63) is 51.3 Å². The van der Waals surface area contributed by atoms with Crippen LogP contribution < -0.4 is 5.32 Å². The molecule has 1 aromatic carbocycles. The number of nitrogens with zero attached hydrogens (tertiary/aromatic N) is 2. The maximum absolute atomic E-state index is 12.3. The molecule has 118 valence electrons. The van der Waals surface area contributed by atoms with Crippen molar-refractivity contribution in [2.45, 2.75) is 26.7 Å². The molecule has 0 unspecified atom stereocenters. The lowest BCUT2D eigenvalue weighted by molar-refractivity contribution is 0.103. The molecule has 2 aromatic heterocycles. The number of anilines is 1. The minimum Gasteiger partial charge on any atom is -0.297 e. The lowest BCUT2D eigenvalue weighted by atomic mass is 10.1. The average molecular weight is 343 g/mol. The number of hydrogen-bond donors (Lipinski definition) is 1. The van der Waals surface area contributed by atoms with Crippen LogP contribution in [-0.2, 0) is 0 Å². The average Bonchev–Trinajstić information content (AvgIpc) is 3.14. The van der Waals surface area contributed by atoms with Crippen LogP contribution >= 0.6 is 22.7 Å². The fraction of sp³-hybridized carbons (Fsp3) is 0.235. The summed E-state index contributed by atoms with van der Waals surface area (Å²) in [6, 6.07) is 10.1. The van der Waals surface area contributed by atoms with Crippen LogP contribution in [0.25, 0.3) is 11.3 Å². The van der Waals surface area contributed by atoms with Crippen LogP contribution in [-0.4, -0.2) is 15.9 Å². The van der Waals surface area contributed by atoms with Crippen LogP contribution in [0.15, 0.2) is 35.8 Å². The van der Waals surface area contributed by atoms with Gasteiger partial charge in [-0.25, -0.2) is 9.97 Å². The fourth-order valence-corrected chi connectivity index (χ4v) is 3.94. The zero-order valence-electron chi connectivity index (χ0n) is 13.2. The normalized spacial score (nSPS) is 11.0. The van der Waals surface area contributed by atoms with Gasteiger partial charge in [-0.3, -0.25) is 10.1 Å². The molecule has 1 N–H and O–H groups in total. The monoisotopic (exact) mass is 343 g/mol. The van der Waals surface area contributed by atoms with E-state index in [9.17, 15) is 4.79 Å². The summed E-state index contributed by atoms with van der Waals surface area (Å²) in [7, 11) is 0. The van der Waals surface area contributed by atoms with E-state index in [-0.39, 0.29) is 5.91 Å². The molecule has 2 heterocycles. The predicted molar refractivity (Wildman–Crippen MR) is 96.4 cm³/mol. The largest absolute Gasteiger partial charge is 0.297 e. The number of nitrogens with one attached hydrogen (secondary N) is 1. The van der Waals surface area contributed by atoms with Crippen molar-refractivity contribution in [2.24, 2.45) is 0 Å². The van der Waals surface area contributed by atoms with E-state index < -0.39 is 0 Å². The molecule has 0 saturated heterocycles. The molecule has 0 aliphatic rings. The second kappa shape index (κ2) is 6.60. The molecular weight excluding hydrogens is 326 g/mol. The van der Waals surface area contributed by atoms with Gasteiger partial charge in [-0.15, -0.1) is 22.7 Å². The summed E-state index contributed by atoms with van der Waals surface area (Å²) in [5.74, 6) is 0.201. The number of rotatable bonds is 4. The molecule has 4 nitrogen and oxygen atoms in total. The fourth-order valence-electron chi connectivity index (χ4n) is 2.25. The highest BCUT2D eigenvalue weighted by Gasteiger charge is 2.19. The number of thiazole rings is 2. The van der Waals surface area contributed by atoms with Gasteiger partial charge in [0.05, 0.1) is 16.9 Å². The Kier molecular flexibility index (Phi) is 4.54. The third-order valence-electron chi connectivity index (χ3n) is 3.40. The first-order chi connectivity index (χ1) is 11.1. The predicted octanol–water partition coefficient (Wildman–Crippen LogP) is 4.95. The number of carbonyl (C=O) groups excluding carboxylic acids is 1. The van der Waals surface area contributed by atoms with Crippen LogP contribution in [0.3, 0.4) is 0 Å². The van der Waals surface area contributed by atoms with E-state index in [1.807, 2.05) is 37.3 Å². The number of amides is 1. The molecule has 0 radical (unpaired) electrons. The summed E-state index contributed by atoms with van der Waals surface area (Å²) >= 11 is 2.88. The smallest absolute Gasteiger partial charge is 0.269 e. The molecule has 23 heavy (non-hydrogen) atoms. The van der Waals surface area contributed by atoms with E-state index in [1.165, 1.54) is 27.6 Å². The lowest BCUT2D eigenvalue weighted by Crippen LogP contribution is -2.11. The summed E-state index contributed by atoms with van der Waals surface area (Å²) in [6.07, 6.45) is 0. The molecular formula is C17H17N3OS2. The third kappa shape index (κ3) is 3.33. The Hall–Kier alpha value is -2.05. The lowest BCUT2D eigenvalue weighted by Gasteiger charge is -2.04. The van der Waals surface area contributed by atoms with Crippen molar-refractivity contribution in [3.63, 3.8) is 0 Å². The molecule has 0 saturated carbocycles. The number of hydrogen-bond acceptors (Lipinski definition) is 5. The molecule has 0 spiro atoms. The highest BCUT2D eigenvalue weighted by molar-refractivity contribution is 7.16. The van der Waals surface area contributed by atoms with Gasteiger partial charge in [-0.05, 0) is 12.8 Å². The Morgan fingerprint density at radius 1 is 1.22 bits per heavy atom. The molecule has 0 aliphatic carbocycles. The van der Waals surface area contributed by atoms with Crippen LogP contribution in [0.4, 0.5) is 5.13 Å². The molecule has 3 rings (SSSR count). The Bertz CT molecular complexity index is 821. The Morgan fingerprint density at radius 2 is 1.96 bits per heavy atom. The third-order valence-corrected chi connectivity index (χ3v) is 5.60. The van der Waals surface area contributed by atoms with Crippen molar-refractivity contribution >= 4 is 33.7 Å². The van der Waals surface area contributed by atoms with E-state index in [0.717, 1.165) is 17.0 Å². The summed E-state index contributed by atoms with van der Waals surface area (Å²) in [5, 5.41) is 3.54. The quantitative estimate of drug-likeness (QED) is 0.729. The van der Waals surface area contributed by atoms with Crippen LogP contribution in [0, 0.1) is 6.92 Å². The van der Waals surface area contributed by atoms with Gasteiger partial charge in [-0.1, -0.05) is 44.2 Å². The highest BCUT2D eigenvalue weighted by atomic mass is 32.1. The summed E-state index contributed by atoms with van der Waals surface area (Å²) in [4.78, 5) is 22.9. The molecule has 0 atom stereocenters. The maximum Gasteiger partial charge on any atom is 0.269 e. The van der Waals surface area contributed by atoms with E-state index in [1.54, 1.807) is 5.51 Å².